The normalized spacial score (nSPS) is 13.6. The quantitative estimate of drug-likeness (QED) is 0.113. The Morgan fingerprint density at radius 2 is 0.744 bits per heavy atom. The van der Waals surface area contributed by atoms with E-state index in [9.17, 15) is 0 Å². The lowest BCUT2D eigenvalue weighted by Gasteiger charge is -2.34. The van der Waals surface area contributed by atoms with Crippen LogP contribution in [-0.4, -0.2) is 9.13 Å². The molecule has 2 aliphatic carbocycles. The van der Waals surface area contributed by atoms with Gasteiger partial charge in [0.25, 0.3) is 0 Å². The average molecular weight is 1120 g/mol. The highest BCUT2D eigenvalue weighted by Crippen LogP contribution is 2.53. The highest BCUT2D eigenvalue weighted by atomic mass is 15.2. The van der Waals surface area contributed by atoms with E-state index in [1.54, 1.807) is 0 Å². The van der Waals surface area contributed by atoms with Crippen LogP contribution in [0.3, 0.4) is 0 Å². The van der Waals surface area contributed by atoms with Gasteiger partial charge < -0.3 is 18.9 Å². The molecular formula is C82H74N4. The minimum Gasteiger partial charge on any atom is -0.310 e. The third-order valence-corrected chi connectivity index (χ3v) is 19.9. The van der Waals surface area contributed by atoms with Crippen LogP contribution in [0, 0.1) is 0 Å². The van der Waals surface area contributed by atoms with Gasteiger partial charge in [-0.05, 0) is 239 Å². The molecule has 0 fully saturated rings. The van der Waals surface area contributed by atoms with Crippen LogP contribution in [0.15, 0.2) is 206 Å². The molecule has 14 aromatic rings. The summed E-state index contributed by atoms with van der Waals surface area (Å²) in [6.45, 7) is 14.1. The summed E-state index contributed by atoms with van der Waals surface area (Å²) in [5.41, 5.74) is 26.1. The molecule has 12 aromatic carbocycles. The van der Waals surface area contributed by atoms with Crippen molar-refractivity contribution in [2.45, 2.75) is 118 Å². The summed E-state index contributed by atoms with van der Waals surface area (Å²) in [5.74, 6) is 0.526. The summed E-state index contributed by atoms with van der Waals surface area (Å²) in [4.78, 5) is 5.37. The van der Waals surface area contributed by atoms with Crippen molar-refractivity contribution in [3.05, 3.63) is 251 Å². The maximum Gasteiger partial charge on any atom is 0.0543 e. The second kappa shape index (κ2) is 20.8. The first-order valence-electron chi connectivity index (χ1n) is 32.1. The zero-order valence-electron chi connectivity index (χ0n) is 50.6. The maximum atomic E-state index is 2.68. The first-order chi connectivity index (χ1) is 42.2. The van der Waals surface area contributed by atoms with E-state index in [1.165, 1.54) is 192 Å². The van der Waals surface area contributed by atoms with E-state index >= 15 is 0 Å². The first-order valence-corrected chi connectivity index (χ1v) is 32.1. The number of aryl methyl sites for hydroxylation is 4. The van der Waals surface area contributed by atoms with Gasteiger partial charge in [-0.15, -0.1) is 0 Å². The van der Waals surface area contributed by atoms with Gasteiger partial charge in [-0.3, -0.25) is 0 Å². The minimum atomic E-state index is 0.263. The Balaban J connectivity index is 0.981. The SMILES string of the molecule is CCc1cccc(-n2c3ccccc3c3cc(N(c4cccc5c4CCCC5)c4cc(C(C)C)c5ccc6c(N(c7ccc8c(c7)c7ccccc7n8-c7cccc(CC)c7)c7cccc8c7CCCC8)cc(C(C)C)c7ccc4c5c76)ccc32)c1. The van der Waals surface area contributed by atoms with Gasteiger partial charge in [0.15, 0.2) is 0 Å². The van der Waals surface area contributed by atoms with E-state index in [1.807, 2.05) is 0 Å². The van der Waals surface area contributed by atoms with Crippen molar-refractivity contribution in [3.8, 4) is 11.4 Å². The Hall–Kier alpha value is -9.12. The lowest BCUT2D eigenvalue weighted by molar-refractivity contribution is 0.686. The van der Waals surface area contributed by atoms with Crippen LogP contribution >= 0.6 is 0 Å². The van der Waals surface area contributed by atoms with Crippen LogP contribution in [0.25, 0.3) is 87.3 Å². The molecule has 0 spiro atoms. The molecule has 2 aliphatic rings. The molecule has 0 bridgehead atoms. The zero-order valence-corrected chi connectivity index (χ0v) is 50.6. The third kappa shape index (κ3) is 8.23. The van der Waals surface area contributed by atoms with Gasteiger partial charge in [0, 0.05) is 66.4 Å². The highest BCUT2D eigenvalue weighted by molar-refractivity contribution is 6.30. The number of rotatable bonds is 12. The van der Waals surface area contributed by atoms with E-state index in [0.717, 1.165) is 38.5 Å². The molecule has 86 heavy (non-hydrogen) atoms. The summed E-state index contributed by atoms with van der Waals surface area (Å²) >= 11 is 0. The zero-order chi connectivity index (χ0) is 57.9. The lowest BCUT2D eigenvalue weighted by atomic mass is 9.83. The van der Waals surface area contributed by atoms with Gasteiger partial charge in [0.1, 0.15) is 0 Å². The molecule has 422 valence electrons. The largest absolute Gasteiger partial charge is 0.310 e. The molecule has 0 saturated carbocycles. The van der Waals surface area contributed by atoms with Gasteiger partial charge in [-0.1, -0.05) is 151 Å². The predicted molar refractivity (Wildman–Crippen MR) is 368 cm³/mol. The van der Waals surface area contributed by atoms with Crippen LogP contribution in [0.5, 0.6) is 0 Å². The molecule has 16 rings (SSSR count). The molecule has 2 aromatic heterocycles. The van der Waals surface area contributed by atoms with E-state index in [2.05, 4.69) is 267 Å². The van der Waals surface area contributed by atoms with Crippen molar-refractivity contribution < 1.29 is 0 Å². The fourth-order valence-electron chi connectivity index (χ4n) is 15.7. The lowest BCUT2D eigenvalue weighted by Crippen LogP contribution is -2.17. The number of anilines is 6. The molecular weight excluding hydrogens is 1040 g/mol. The van der Waals surface area contributed by atoms with Crippen LogP contribution in [0.4, 0.5) is 34.1 Å². The Kier molecular flexibility index (Phi) is 12.7. The smallest absolute Gasteiger partial charge is 0.0543 e. The molecule has 0 radical (unpaired) electrons. The Morgan fingerprint density at radius 3 is 1.19 bits per heavy atom. The maximum absolute atomic E-state index is 2.68. The first kappa shape index (κ1) is 52.4. The number of para-hydroxylation sites is 2. The van der Waals surface area contributed by atoms with E-state index in [-0.39, 0.29) is 11.8 Å². The molecule has 0 N–H and O–H groups in total. The molecule has 0 aliphatic heterocycles. The minimum absolute atomic E-state index is 0.263. The Morgan fingerprint density at radius 1 is 0.337 bits per heavy atom. The summed E-state index contributed by atoms with van der Waals surface area (Å²) in [5, 5.41) is 13.0. The fourth-order valence-corrected chi connectivity index (χ4v) is 15.7. The number of benzene rings is 12. The topological polar surface area (TPSA) is 16.3 Å². The average Bonchev–Trinajstić information content (AvgIpc) is 1.77. The van der Waals surface area contributed by atoms with Crippen LogP contribution < -0.4 is 9.80 Å². The number of hydrogen-bond acceptors (Lipinski definition) is 2. The van der Waals surface area contributed by atoms with Gasteiger partial charge in [0.2, 0.25) is 0 Å². The number of hydrogen-bond donors (Lipinski definition) is 0. The second-order valence-electron chi connectivity index (χ2n) is 25.4. The molecule has 0 amide bonds. The van der Waals surface area contributed by atoms with Crippen LogP contribution in [-0.2, 0) is 38.5 Å². The predicted octanol–water partition coefficient (Wildman–Crippen LogP) is 22.8. The second-order valence-corrected chi connectivity index (χ2v) is 25.4. The van der Waals surface area contributed by atoms with Crippen molar-refractivity contribution in [3.63, 3.8) is 0 Å². The summed E-state index contributed by atoms with van der Waals surface area (Å²) in [6.07, 6.45) is 11.2. The Bertz CT molecular complexity index is 4690. The van der Waals surface area contributed by atoms with Gasteiger partial charge in [-0.2, -0.15) is 0 Å². The van der Waals surface area contributed by atoms with Crippen LogP contribution in [0.2, 0.25) is 0 Å². The van der Waals surface area contributed by atoms with Crippen molar-refractivity contribution in [1.29, 1.82) is 0 Å². The number of aromatic nitrogens is 2. The van der Waals surface area contributed by atoms with Gasteiger partial charge >= 0.3 is 0 Å². The van der Waals surface area contributed by atoms with Crippen molar-refractivity contribution in [1.82, 2.24) is 9.13 Å². The van der Waals surface area contributed by atoms with Crippen molar-refractivity contribution in [2.75, 3.05) is 9.80 Å². The van der Waals surface area contributed by atoms with Crippen molar-refractivity contribution >= 4 is 110 Å². The van der Waals surface area contributed by atoms with Crippen molar-refractivity contribution in [2.24, 2.45) is 0 Å². The monoisotopic (exact) mass is 1110 g/mol. The molecule has 0 unspecified atom stereocenters. The Labute approximate surface area is 505 Å². The standard InChI is InChI=1S/C82H74N4/c1-7-53-21-17-27-57(45-53)83-75-33-15-13-31-63(75)71-47-59(37-43-77(71)83)85(73-35-19-25-55-23-9-11-29-61(55)73)79-49-69(51(3)4)65-40-42-68-80(50-70(52(5)6)66-39-41-67(79)81(65)82(66)68)86(74-36-20-26-56-24-10-12-30-62(56)74)60-38-44-78-72(48-60)64-32-14-16-34-76(64)84(78)58-28-18-22-54(8-2)46-58/h13-22,25-28,31-52H,7-12,23-24,29-30H2,1-6H3. The fraction of sp³-hybridized carbons (Fsp3) is 0.220. The summed E-state index contributed by atoms with van der Waals surface area (Å²) in [6, 6.07) is 80.4. The molecule has 4 nitrogen and oxygen atoms in total. The highest BCUT2D eigenvalue weighted by Gasteiger charge is 2.30. The number of nitrogens with zero attached hydrogens (tertiary/aromatic N) is 4. The summed E-state index contributed by atoms with van der Waals surface area (Å²) in [7, 11) is 0. The molecule has 2 heterocycles. The molecule has 0 atom stereocenters. The van der Waals surface area contributed by atoms with E-state index < -0.39 is 0 Å². The van der Waals surface area contributed by atoms with Gasteiger partial charge in [0.05, 0.1) is 33.4 Å². The van der Waals surface area contributed by atoms with Gasteiger partial charge in [-0.25, -0.2) is 0 Å². The number of fused-ring (bicyclic) bond motifs is 8. The summed E-state index contributed by atoms with van der Waals surface area (Å²) < 4.78 is 4.97. The van der Waals surface area contributed by atoms with E-state index in [4.69, 9.17) is 0 Å². The third-order valence-electron chi connectivity index (χ3n) is 19.9. The molecule has 0 saturated heterocycles. The molecule has 4 heteroatoms. The van der Waals surface area contributed by atoms with E-state index in [0.29, 0.717) is 0 Å². The van der Waals surface area contributed by atoms with Crippen LogP contribution in [0.1, 0.15) is 124 Å².